The Morgan fingerprint density at radius 2 is 1.02 bits per heavy atom. The van der Waals surface area contributed by atoms with E-state index in [1.165, 1.54) is 64.2 Å². The Labute approximate surface area is 304 Å². The fraction of sp³-hybridized carbons (Fsp3) is 0.773. The first-order chi connectivity index (χ1) is 24.0. The monoisotopic (exact) mass is 686 g/mol. The van der Waals surface area contributed by atoms with E-state index in [0.717, 1.165) is 90.1 Å². The molecule has 0 aliphatic carbocycles. The molecule has 0 aliphatic heterocycles. The van der Waals surface area contributed by atoms with Crippen LogP contribution in [0.4, 0.5) is 0 Å². The fourth-order valence-corrected chi connectivity index (χ4v) is 6.00. The molecule has 0 N–H and O–H groups in total. The van der Waals surface area contributed by atoms with Crippen LogP contribution in [0.3, 0.4) is 0 Å². The summed E-state index contributed by atoms with van der Waals surface area (Å²) in [4.78, 5) is 28.5. The van der Waals surface area contributed by atoms with Gasteiger partial charge in [-0.05, 0) is 96.6 Å². The molecular weight excluding hydrogens is 606 g/mol. The van der Waals surface area contributed by atoms with Crippen LogP contribution in [0.5, 0.6) is 0 Å². The highest BCUT2D eigenvalue weighted by Crippen LogP contribution is 2.20. The van der Waals surface area contributed by atoms with Crippen molar-refractivity contribution in [2.45, 2.75) is 201 Å². The molecule has 0 saturated heterocycles. The first-order valence-corrected chi connectivity index (χ1v) is 20.7. The summed E-state index contributed by atoms with van der Waals surface area (Å²) in [5.74, 6) is -0.657. The molecule has 0 spiro atoms. The summed E-state index contributed by atoms with van der Waals surface area (Å²) < 4.78 is 11.5. The molecule has 0 heterocycles. The second-order valence-corrected chi connectivity index (χ2v) is 13.5. The van der Waals surface area contributed by atoms with Crippen molar-refractivity contribution < 1.29 is 19.1 Å². The maximum absolute atomic E-state index is 13.1. The van der Waals surface area contributed by atoms with Crippen LogP contribution in [0.1, 0.15) is 189 Å². The van der Waals surface area contributed by atoms with Crippen molar-refractivity contribution in [2.75, 3.05) is 19.7 Å². The predicted octanol–water partition coefficient (Wildman–Crippen LogP) is 12.8. The summed E-state index contributed by atoms with van der Waals surface area (Å²) in [7, 11) is 0. The van der Waals surface area contributed by atoms with E-state index in [4.69, 9.17) is 9.47 Å². The van der Waals surface area contributed by atoms with Gasteiger partial charge in [0.25, 0.3) is 0 Å². The normalized spacial score (nSPS) is 13.4. The molecule has 0 rings (SSSR count). The number of hydrogen-bond donors (Lipinski definition) is 0. The summed E-state index contributed by atoms with van der Waals surface area (Å²) in [5, 5.41) is 0. The fourth-order valence-electron chi connectivity index (χ4n) is 6.00. The van der Waals surface area contributed by atoms with E-state index < -0.39 is 6.10 Å². The van der Waals surface area contributed by atoms with Gasteiger partial charge in [-0.15, -0.1) is 0 Å². The van der Waals surface area contributed by atoms with E-state index in [1.54, 1.807) is 0 Å². The molecule has 0 bridgehead atoms. The second-order valence-electron chi connectivity index (χ2n) is 13.5. The Balaban J connectivity index is 4.68. The van der Waals surface area contributed by atoms with Crippen molar-refractivity contribution in [3.05, 3.63) is 48.6 Å². The van der Waals surface area contributed by atoms with E-state index in [-0.39, 0.29) is 18.0 Å². The Morgan fingerprint density at radius 3 is 1.53 bits per heavy atom. The number of ether oxygens (including phenoxy) is 2. The number of nitrogens with zero attached hydrogens (tertiary/aromatic N) is 1. The highest BCUT2D eigenvalue weighted by Gasteiger charge is 2.30. The van der Waals surface area contributed by atoms with Gasteiger partial charge in [0.05, 0.1) is 6.61 Å². The molecule has 0 radical (unpaired) electrons. The molecule has 5 nitrogen and oxygen atoms in total. The van der Waals surface area contributed by atoms with Crippen LogP contribution >= 0.6 is 0 Å². The molecule has 0 amide bonds. The van der Waals surface area contributed by atoms with Crippen molar-refractivity contribution >= 4 is 11.9 Å². The van der Waals surface area contributed by atoms with Gasteiger partial charge in [0.15, 0.2) is 6.10 Å². The zero-order chi connectivity index (χ0) is 36.0. The molecule has 2 unspecified atom stereocenters. The molecule has 5 heteroatoms. The number of esters is 2. The maximum Gasteiger partial charge on any atom is 0.347 e. The number of carbonyl (C=O) groups is 2. The average molecular weight is 686 g/mol. The number of unbranched alkanes of at least 4 members (excludes halogenated alkanes) is 14. The lowest BCUT2D eigenvalue weighted by atomic mass is 10.00. The SMILES string of the molecule is CCCCC/C=C/C/C=C/CCCCCCCC(=O)OC(CC(CCCC/C=C/C/C=C/CCCCC)N(CC)CC)C(=O)OCCCC. The van der Waals surface area contributed by atoms with Gasteiger partial charge in [-0.2, -0.15) is 0 Å². The predicted molar refractivity (Wildman–Crippen MR) is 212 cm³/mol. The van der Waals surface area contributed by atoms with Crippen molar-refractivity contribution in [1.29, 1.82) is 0 Å². The van der Waals surface area contributed by atoms with E-state index in [9.17, 15) is 9.59 Å². The zero-order valence-electron chi connectivity index (χ0n) is 32.9. The van der Waals surface area contributed by atoms with Crippen molar-refractivity contribution in [1.82, 2.24) is 4.90 Å². The zero-order valence-corrected chi connectivity index (χ0v) is 32.9. The van der Waals surface area contributed by atoms with E-state index in [1.807, 2.05) is 0 Å². The van der Waals surface area contributed by atoms with Gasteiger partial charge < -0.3 is 14.4 Å². The molecule has 0 aliphatic rings. The highest BCUT2D eigenvalue weighted by molar-refractivity contribution is 5.79. The lowest BCUT2D eigenvalue weighted by Gasteiger charge is -2.32. The largest absolute Gasteiger partial charge is 0.463 e. The molecule has 0 fully saturated rings. The molecular formula is C44H79NO4. The highest BCUT2D eigenvalue weighted by atomic mass is 16.6. The third-order valence-corrected chi connectivity index (χ3v) is 9.16. The van der Waals surface area contributed by atoms with Gasteiger partial charge in [0, 0.05) is 18.9 Å². The van der Waals surface area contributed by atoms with Gasteiger partial charge >= 0.3 is 11.9 Å². The van der Waals surface area contributed by atoms with Crippen LogP contribution in [0, 0.1) is 0 Å². The van der Waals surface area contributed by atoms with Gasteiger partial charge in [0.2, 0.25) is 0 Å². The van der Waals surface area contributed by atoms with Gasteiger partial charge in [-0.3, -0.25) is 4.79 Å². The quantitative estimate of drug-likeness (QED) is 0.0377. The third-order valence-electron chi connectivity index (χ3n) is 9.16. The lowest BCUT2D eigenvalue weighted by Crippen LogP contribution is -2.41. The molecule has 0 aromatic carbocycles. The molecule has 2 atom stereocenters. The van der Waals surface area contributed by atoms with Gasteiger partial charge in [0.1, 0.15) is 0 Å². The molecule has 0 aromatic rings. The van der Waals surface area contributed by atoms with Gasteiger partial charge in [-0.1, -0.05) is 141 Å². The van der Waals surface area contributed by atoms with Crippen molar-refractivity contribution in [3.63, 3.8) is 0 Å². The first kappa shape index (κ1) is 46.9. The molecule has 284 valence electrons. The second kappa shape index (κ2) is 37.1. The van der Waals surface area contributed by atoms with E-state index >= 15 is 0 Å². The van der Waals surface area contributed by atoms with E-state index in [0.29, 0.717) is 19.4 Å². The van der Waals surface area contributed by atoms with Crippen LogP contribution in [-0.4, -0.2) is 48.7 Å². The number of hydrogen-bond acceptors (Lipinski definition) is 5. The van der Waals surface area contributed by atoms with Gasteiger partial charge in [-0.25, -0.2) is 4.79 Å². The Kier molecular flexibility index (Phi) is 35.5. The Bertz CT molecular complexity index is 857. The third kappa shape index (κ3) is 30.4. The minimum absolute atomic E-state index is 0.178. The summed E-state index contributed by atoms with van der Waals surface area (Å²) in [5.41, 5.74) is 0. The van der Waals surface area contributed by atoms with Crippen LogP contribution in [0.2, 0.25) is 0 Å². The number of rotatable bonds is 35. The summed E-state index contributed by atoms with van der Waals surface area (Å²) in [6, 6.07) is 0.178. The van der Waals surface area contributed by atoms with E-state index in [2.05, 4.69) is 88.1 Å². The van der Waals surface area contributed by atoms with Crippen LogP contribution in [-0.2, 0) is 19.1 Å². The van der Waals surface area contributed by atoms with Crippen LogP contribution < -0.4 is 0 Å². The molecule has 49 heavy (non-hydrogen) atoms. The Hall–Kier alpha value is -2.14. The molecule has 0 saturated carbocycles. The summed E-state index contributed by atoms with van der Waals surface area (Å²) in [6.07, 6.45) is 43.0. The minimum atomic E-state index is -0.836. The van der Waals surface area contributed by atoms with Crippen LogP contribution in [0.25, 0.3) is 0 Å². The standard InChI is InChI=1S/C44H79NO4/c1-6-11-14-16-18-20-22-24-25-26-28-30-32-34-36-38-43(46)49-42(44(47)48-39-13-8-3)40-41(45(9-4)10-5)37-35-33-31-29-27-23-21-19-17-15-12-7-2/h18-21,24-25,27,29,41-42H,6-17,22-23,26,28,30-40H2,1-5H3/b20-18+,21-19+,25-24+,29-27+. The first-order valence-electron chi connectivity index (χ1n) is 20.7. The van der Waals surface area contributed by atoms with Crippen molar-refractivity contribution in [2.24, 2.45) is 0 Å². The van der Waals surface area contributed by atoms with Crippen molar-refractivity contribution in [3.8, 4) is 0 Å². The average Bonchev–Trinajstić information content (AvgIpc) is 3.10. The summed E-state index contributed by atoms with van der Waals surface area (Å²) >= 11 is 0. The minimum Gasteiger partial charge on any atom is -0.463 e. The lowest BCUT2D eigenvalue weighted by molar-refractivity contribution is -0.169. The van der Waals surface area contributed by atoms with Crippen LogP contribution in [0.15, 0.2) is 48.6 Å². The number of carbonyl (C=O) groups excluding carboxylic acids is 2. The number of allylic oxidation sites excluding steroid dienone is 8. The Morgan fingerprint density at radius 1 is 0.551 bits per heavy atom. The smallest absolute Gasteiger partial charge is 0.347 e. The summed E-state index contributed by atoms with van der Waals surface area (Å²) in [6.45, 7) is 13.1. The maximum atomic E-state index is 13.1. The topological polar surface area (TPSA) is 55.8 Å². The molecule has 0 aromatic heterocycles.